The zero-order chi connectivity index (χ0) is 17.4. The van der Waals surface area contributed by atoms with Crippen molar-refractivity contribution in [3.8, 4) is 0 Å². The summed E-state index contributed by atoms with van der Waals surface area (Å²) in [6.07, 6.45) is -0.754. The van der Waals surface area contributed by atoms with E-state index < -0.39 is 17.6 Å². The van der Waals surface area contributed by atoms with Crippen molar-refractivity contribution in [2.45, 2.75) is 18.2 Å². The highest BCUT2D eigenvalue weighted by Crippen LogP contribution is 2.33. The minimum Gasteiger partial charge on any atom is -0.445 e. The van der Waals surface area contributed by atoms with E-state index in [1.54, 1.807) is 42.5 Å². The molecule has 0 aliphatic carbocycles. The van der Waals surface area contributed by atoms with Crippen LogP contribution in [0.25, 0.3) is 0 Å². The maximum Gasteiger partial charge on any atom is 0.441 e. The molecule has 1 unspecified atom stereocenters. The number of benzene rings is 2. The van der Waals surface area contributed by atoms with Crippen LogP contribution in [0, 0.1) is 0 Å². The molecule has 24 heavy (non-hydrogen) atoms. The van der Waals surface area contributed by atoms with Crippen LogP contribution in [0.5, 0.6) is 0 Å². The normalized spacial score (nSPS) is 12.5. The number of hydrogen-bond acceptors (Lipinski definition) is 3. The Morgan fingerprint density at radius 2 is 1.62 bits per heavy atom. The molecule has 2 rings (SSSR count). The van der Waals surface area contributed by atoms with Gasteiger partial charge in [0.2, 0.25) is 0 Å². The summed E-state index contributed by atoms with van der Waals surface area (Å²) in [4.78, 5) is 11.9. The van der Waals surface area contributed by atoms with Gasteiger partial charge >= 0.3 is 11.6 Å². The Labute approximate surface area is 142 Å². The fourth-order valence-corrected chi connectivity index (χ4v) is 2.62. The van der Waals surface area contributed by atoms with Gasteiger partial charge in [0.1, 0.15) is 6.61 Å². The van der Waals surface area contributed by atoms with Gasteiger partial charge in [-0.2, -0.15) is 13.2 Å². The molecule has 0 aliphatic heterocycles. The Morgan fingerprint density at radius 3 is 2.21 bits per heavy atom. The number of rotatable bonds is 6. The summed E-state index contributed by atoms with van der Waals surface area (Å²) in [7, 11) is 0. The lowest BCUT2D eigenvalue weighted by atomic mass is 10.1. The van der Waals surface area contributed by atoms with Gasteiger partial charge in [-0.05, 0) is 22.9 Å². The van der Waals surface area contributed by atoms with Crippen LogP contribution in [0.1, 0.15) is 17.2 Å². The molecule has 0 radical (unpaired) electrons. The average molecular weight is 355 g/mol. The zero-order valence-electron chi connectivity index (χ0n) is 12.6. The second-order valence-electron chi connectivity index (χ2n) is 4.93. The summed E-state index contributed by atoms with van der Waals surface area (Å²) in [6.45, 7) is 0.0561. The minimum atomic E-state index is -4.36. The van der Waals surface area contributed by atoms with E-state index in [4.69, 9.17) is 4.74 Å². The topological polar surface area (TPSA) is 38.3 Å². The van der Waals surface area contributed by atoms with Gasteiger partial charge in [0.15, 0.2) is 0 Å². The van der Waals surface area contributed by atoms with Gasteiger partial charge in [0.05, 0.1) is 6.04 Å². The van der Waals surface area contributed by atoms with Crippen LogP contribution in [0.3, 0.4) is 0 Å². The van der Waals surface area contributed by atoms with Gasteiger partial charge in [-0.15, -0.1) is 0 Å². The number of carbonyl (C=O) groups excluding carboxylic acids is 1. The first kappa shape index (κ1) is 18.2. The molecular formula is C17H16F3NO2S. The molecule has 0 aliphatic rings. The molecule has 3 nitrogen and oxygen atoms in total. The van der Waals surface area contributed by atoms with E-state index in [0.717, 1.165) is 5.56 Å². The number of alkyl carbamates (subject to hydrolysis) is 1. The van der Waals surface area contributed by atoms with Gasteiger partial charge in [-0.3, -0.25) is 0 Å². The number of hydrogen-bond donors (Lipinski definition) is 1. The average Bonchev–Trinajstić information content (AvgIpc) is 2.57. The second-order valence-corrected chi connectivity index (χ2v) is 6.01. The first-order valence-electron chi connectivity index (χ1n) is 7.17. The number of halogens is 3. The monoisotopic (exact) mass is 355 g/mol. The molecule has 0 saturated heterocycles. The number of thioether (sulfide) groups is 1. The molecule has 0 aromatic heterocycles. The lowest BCUT2D eigenvalue weighted by molar-refractivity contribution is -0.0329. The van der Waals surface area contributed by atoms with E-state index in [0.29, 0.717) is 5.56 Å². The predicted molar refractivity (Wildman–Crippen MR) is 87.5 cm³/mol. The molecule has 0 fully saturated rings. The highest BCUT2D eigenvalue weighted by atomic mass is 32.2. The first-order valence-corrected chi connectivity index (χ1v) is 8.15. The highest BCUT2D eigenvalue weighted by Gasteiger charge is 2.30. The molecule has 0 bridgehead atoms. The van der Waals surface area contributed by atoms with E-state index in [1.807, 2.05) is 18.2 Å². The lowest BCUT2D eigenvalue weighted by Gasteiger charge is -2.19. The van der Waals surface area contributed by atoms with E-state index in [9.17, 15) is 18.0 Å². The maximum atomic E-state index is 12.5. The summed E-state index contributed by atoms with van der Waals surface area (Å²) in [5.74, 6) is -0.325. The zero-order valence-corrected chi connectivity index (χ0v) is 13.4. The number of nitrogens with one attached hydrogen (secondary N) is 1. The van der Waals surface area contributed by atoms with Gasteiger partial charge in [0.25, 0.3) is 0 Å². The Kier molecular flexibility index (Phi) is 6.54. The van der Waals surface area contributed by atoms with Gasteiger partial charge < -0.3 is 10.1 Å². The van der Waals surface area contributed by atoms with Crippen LogP contribution < -0.4 is 5.32 Å². The van der Waals surface area contributed by atoms with Gasteiger partial charge in [-0.25, -0.2) is 4.79 Å². The Morgan fingerprint density at radius 1 is 1.04 bits per heavy atom. The van der Waals surface area contributed by atoms with Crippen molar-refractivity contribution in [3.63, 3.8) is 0 Å². The fourth-order valence-electron chi connectivity index (χ4n) is 1.99. The van der Waals surface area contributed by atoms with Crippen molar-refractivity contribution in [3.05, 3.63) is 71.8 Å². The van der Waals surface area contributed by atoms with Crippen LogP contribution in [0.15, 0.2) is 60.7 Å². The molecule has 2 aromatic rings. The molecule has 0 heterocycles. The molecule has 0 saturated carbocycles. The van der Waals surface area contributed by atoms with Crippen molar-refractivity contribution in [1.82, 2.24) is 5.32 Å². The number of ether oxygens (including phenoxy) is 1. The molecule has 2 aromatic carbocycles. The smallest absolute Gasteiger partial charge is 0.441 e. The maximum absolute atomic E-state index is 12.5. The predicted octanol–water partition coefficient (Wildman–Crippen LogP) is 4.91. The summed E-state index contributed by atoms with van der Waals surface area (Å²) in [5.41, 5.74) is -2.97. The third-order valence-electron chi connectivity index (χ3n) is 3.12. The summed E-state index contributed by atoms with van der Waals surface area (Å²) in [5, 5.41) is 2.49. The standard InChI is InChI=1S/C17H16F3NO2S/c18-17(19,20)24-12-15(14-9-5-2-6-10-14)21-16(22)23-11-13-7-3-1-4-8-13/h1-10,15H,11-12H2,(H,21,22). The van der Waals surface area contributed by atoms with E-state index in [1.165, 1.54) is 0 Å². The molecule has 1 atom stereocenters. The minimum absolute atomic E-state index is 0.0561. The van der Waals surface area contributed by atoms with Crippen molar-refractivity contribution in [2.75, 3.05) is 5.75 Å². The van der Waals surface area contributed by atoms with Crippen LogP contribution in [0.4, 0.5) is 18.0 Å². The van der Waals surface area contributed by atoms with Gasteiger partial charge in [-0.1, -0.05) is 60.7 Å². The van der Waals surface area contributed by atoms with E-state index in [-0.39, 0.29) is 24.1 Å². The van der Waals surface area contributed by atoms with E-state index >= 15 is 0 Å². The number of amides is 1. The van der Waals surface area contributed by atoms with Crippen LogP contribution in [-0.4, -0.2) is 17.4 Å². The molecule has 1 N–H and O–H groups in total. The Bertz CT molecular complexity index is 635. The molecule has 1 amide bonds. The van der Waals surface area contributed by atoms with E-state index in [2.05, 4.69) is 5.32 Å². The second kappa shape index (κ2) is 8.63. The molecular weight excluding hydrogens is 339 g/mol. The van der Waals surface area contributed by atoms with Crippen molar-refractivity contribution >= 4 is 17.9 Å². The van der Waals surface area contributed by atoms with Crippen LogP contribution in [-0.2, 0) is 11.3 Å². The third kappa shape index (κ3) is 6.54. The van der Waals surface area contributed by atoms with Gasteiger partial charge in [0, 0.05) is 5.75 Å². The molecule has 128 valence electrons. The third-order valence-corrected chi connectivity index (χ3v) is 3.95. The van der Waals surface area contributed by atoms with Crippen LogP contribution in [0.2, 0.25) is 0 Å². The number of alkyl halides is 3. The largest absolute Gasteiger partial charge is 0.445 e. The summed E-state index contributed by atoms with van der Waals surface area (Å²) < 4.78 is 42.4. The lowest BCUT2D eigenvalue weighted by Crippen LogP contribution is -2.31. The summed E-state index contributed by atoms with van der Waals surface area (Å²) >= 11 is -0.177. The Hall–Kier alpha value is -2.15. The van der Waals surface area contributed by atoms with Crippen molar-refractivity contribution < 1.29 is 22.7 Å². The molecule has 7 heteroatoms. The van der Waals surface area contributed by atoms with Crippen molar-refractivity contribution in [1.29, 1.82) is 0 Å². The van der Waals surface area contributed by atoms with Crippen molar-refractivity contribution in [2.24, 2.45) is 0 Å². The molecule has 0 spiro atoms. The first-order chi connectivity index (χ1) is 11.4. The quantitative estimate of drug-likeness (QED) is 0.800. The highest BCUT2D eigenvalue weighted by molar-refractivity contribution is 8.00. The van der Waals surface area contributed by atoms with Crippen LogP contribution >= 0.6 is 11.8 Å². The fraction of sp³-hybridized carbons (Fsp3) is 0.235. The Balaban J connectivity index is 1.95. The summed E-state index contributed by atoms with van der Waals surface area (Å²) in [6, 6.07) is 16.7. The SMILES string of the molecule is O=C(NC(CSC(F)(F)F)c1ccccc1)OCc1ccccc1. The number of carbonyl (C=O) groups is 1.